The fourth-order valence-corrected chi connectivity index (χ4v) is 3.10. The highest BCUT2D eigenvalue weighted by Gasteiger charge is 2.13. The summed E-state index contributed by atoms with van der Waals surface area (Å²) in [6, 6.07) is 4.26. The van der Waals surface area contributed by atoms with Crippen LogP contribution in [0.4, 0.5) is 5.82 Å². The largest absolute Gasteiger partial charge is 0.357 e. The Balaban J connectivity index is 1.55. The van der Waals surface area contributed by atoms with Gasteiger partial charge in [0.05, 0.1) is 5.69 Å². The first-order valence-electron chi connectivity index (χ1n) is 7.73. The molecule has 1 fully saturated rings. The average molecular weight is 320 g/mol. The van der Waals surface area contributed by atoms with Crippen LogP contribution < -0.4 is 10.2 Å². The molecule has 3 rings (SSSR count). The van der Waals surface area contributed by atoms with Gasteiger partial charge in [0.1, 0.15) is 11.0 Å². The van der Waals surface area contributed by atoms with Crippen LogP contribution in [0.3, 0.4) is 0 Å². The molecule has 1 saturated heterocycles. The van der Waals surface area contributed by atoms with Gasteiger partial charge in [-0.2, -0.15) is 5.10 Å². The summed E-state index contributed by atoms with van der Waals surface area (Å²) >= 11 is 6.23. The van der Waals surface area contributed by atoms with Crippen LogP contribution in [0.2, 0.25) is 5.15 Å². The molecule has 118 valence electrons. The van der Waals surface area contributed by atoms with Crippen LogP contribution in [0.15, 0.2) is 18.3 Å². The first-order valence-corrected chi connectivity index (χ1v) is 8.11. The molecule has 6 heteroatoms. The molecule has 2 aromatic heterocycles. The van der Waals surface area contributed by atoms with E-state index in [2.05, 4.69) is 32.4 Å². The summed E-state index contributed by atoms with van der Waals surface area (Å²) in [5.74, 6) is 1.09. The van der Waals surface area contributed by atoms with E-state index in [1.54, 1.807) is 4.68 Å². The molecule has 0 bridgehead atoms. The third-order valence-corrected chi connectivity index (χ3v) is 4.61. The zero-order chi connectivity index (χ0) is 15.5. The van der Waals surface area contributed by atoms with E-state index < -0.39 is 0 Å². The number of halogens is 1. The van der Waals surface area contributed by atoms with E-state index >= 15 is 0 Å². The van der Waals surface area contributed by atoms with E-state index in [1.165, 1.54) is 18.4 Å². The molecule has 2 aromatic rings. The molecule has 1 aliphatic heterocycles. The Labute approximate surface area is 136 Å². The van der Waals surface area contributed by atoms with Crippen molar-refractivity contribution in [2.75, 3.05) is 18.0 Å². The summed E-state index contributed by atoms with van der Waals surface area (Å²) in [5.41, 5.74) is 3.22. The molecule has 3 heterocycles. The fourth-order valence-electron chi connectivity index (χ4n) is 2.86. The zero-order valence-corrected chi connectivity index (χ0v) is 13.9. The molecule has 0 aromatic carbocycles. The minimum atomic E-state index is 0.701. The van der Waals surface area contributed by atoms with Crippen molar-refractivity contribution >= 4 is 17.4 Å². The van der Waals surface area contributed by atoms with Crippen LogP contribution in [0, 0.1) is 6.92 Å². The predicted octanol–water partition coefficient (Wildman–Crippen LogP) is 2.67. The molecule has 22 heavy (non-hydrogen) atoms. The SMILES string of the molecule is Cc1nn(C)c(Cl)c1CNCc1ccc(N2CCCC2)nc1. The number of nitrogens with one attached hydrogen (secondary N) is 1. The van der Waals surface area contributed by atoms with Gasteiger partial charge in [-0.25, -0.2) is 4.98 Å². The molecule has 0 aliphatic carbocycles. The lowest BCUT2D eigenvalue weighted by molar-refractivity contribution is 0.688. The van der Waals surface area contributed by atoms with Crippen LogP contribution >= 0.6 is 11.6 Å². The van der Waals surface area contributed by atoms with Crippen LogP contribution in [0.25, 0.3) is 0 Å². The Morgan fingerprint density at radius 3 is 2.59 bits per heavy atom. The highest BCUT2D eigenvalue weighted by Crippen LogP contribution is 2.19. The van der Waals surface area contributed by atoms with E-state index in [-0.39, 0.29) is 0 Å². The summed E-state index contributed by atoms with van der Waals surface area (Å²) in [6.07, 6.45) is 4.50. The molecule has 5 nitrogen and oxygen atoms in total. The van der Waals surface area contributed by atoms with Crippen LogP contribution in [-0.4, -0.2) is 27.9 Å². The Hall–Kier alpha value is -1.59. The van der Waals surface area contributed by atoms with Gasteiger partial charge >= 0.3 is 0 Å². The molecule has 0 spiro atoms. The van der Waals surface area contributed by atoms with Crippen LogP contribution in [0.1, 0.15) is 29.7 Å². The Bertz CT molecular complexity index is 629. The average Bonchev–Trinajstić information content (AvgIpc) is 3.12. The molecule has 0 saturated carbocycles. The lowest BCUT2D eigenvalue weighted by atomic mass is 10.2. The smallest absolute Gasteiger partial charge is 0.131 e. The number of nitrogens with zero attached hydrogens (tertiary/aromatic N) is 4. The quantitative estimate of drug-likeness (QED) is 0.920. The summed E-state index contributed by atoms with van der Waals surface area (Å²) in [6.45, 7) is 5.73. The van der Waals surface area contributed by atoms with Crippen molar-refractivity contribution in [1.82, 2.24) is 20.1 Å². The van der Waals surface area contributed by atoms with Crippen molar-refractivity contribution in [2.45, 2.75) is 32.9 Å². The summed E-state index contributed by atoms with van der Waals surface area (Å²) in [7, 11) is 1.86. The number of pyridine rings is 1. The Morgan fingerprint density at radius 2 is 2.00 bits per heavy atom. The van der Waals surface area contributed by atoms with Gasteiger partial charge in [0.15, 0.2) is 0 Å². The number of hydrogen-bond donors (Lipinski definition) is 1. The summed E-state index contributed by atoms with van der Waals surface area (Å²) in [5, 5.41) is 8.43. The van der Waals surface area contributed by atoms with Gasteiger partial charge in [-0.3, -0.25) is 4.68 Å². The van der Waals surface area contributed by atoms with Gasteiger partial charge in [0.25, 0.3) is 0 Å². The topological polar surface area (TPSA) is 46.0 Å². The zero-order valence-electron chi connectivity index (χ0n) is 13.1. The van der Waals surface area contributed by atoms with Crippen molar-refractivity contribution in [1.29, 1.82) is 0 Å². The van der Waals surface area contributed by atoms with Gasteiger partial charge < -0.3 is 10.2 Å². The Morgan fingerprint density at radius 1 is 1.23 bits per heavy atom. The van der Waals surface area contributed by atoms with Crippen LogP contribution in [0.5, 0.6) is 0 Å². The first-order chi connectivity index (χ1) is 10.6. The second-order valence-corrected chi connectivity index (χ2v) is 6.16. The standard InChI is InChI=1S/C16H22ClN5/c1-12-14(16(17)21(2)20-12)11-18-9-13-5-6-15(19-10-13)22-7-3-4-8-22/h5-6,10,18H,3-4,7-9,11H2,1-2H3. The molecule has 0 amide bonds. The maximum atomic E-state index is 6.23. The van der Waals surface area contributed by atoms with E-state index in [9.17, 15) is 0 Å². The minimum absolute atomic E-state index is 0.701. The maximum absolute atomic E-state index is 6.23. The molecule has 0 unspecified atom stereocenters. The van der Waals surface area contributed by atoms with Crippen molar-refractivity contribution in [2.24, 2.45) is 7.05 Å². The molecule has 1 N–H and O–H groups in total. The number of hydrogen-bond acceptors (Lipinski definition) is 4. The monoisotopic (exact) mass is 319 g/mol. The first kappa shape index (κ1) is 15.3. The van der Waals surface area contributed by atoms with Crippen LogP contribution in [-0.2, 0) is 20.1 Å². The van der Waals surface area contributed by atoms with Crippen molar-refractivity contribution in [3.8, 4) is 0 Å². The molecule has 0 atom stereocenters. The minimum Gasteiger partial charge on any atom is -0.357 e. The van der Waals surface area contributed by atoms with Crippen molar-refractivity contribution in [3.05, 3.63) is 40.3 Å². The van der Waals surface area contributed by atoms with E-state index in [0.717, 1.165) is 36.7 Å². The molecular weight excluding hydrogens is 298 g/mol. The van der Waals surface area contributed by atoms with Gasteiger partial charge in [-0.15, -0.1) is 0 Å². The second-order valence-electron chi connectivity index (χ2n) is 5.80. The highest BCUT2D eigenvalue weighted by molar-refractivity contribution is 6.30. The number of anilines is 1. The lowest BCUT2D eigenvalue weighted by Gasteiger charge is -2.16. The van der Waals surface area contributed by atoms with Gasteiger partial charge in [0, 0.05) is 45.0 Å². The predicted molar refractivity (Wildman–Crippen MR) is 89.2 cm³/mol. The fraction of sp³-hybridized carbons (Fsp3) is 0.500. The van der Waals surface area contributed by atoms with Gasteiger partial charge in [-0.1, -0.05) is 17.7 Å². The molecular formula is C16H22ClN5. The third kappa shape index (κ3) is 3.25. The highest BCUT2D eigenvalue weighted by atomic mass is 35.5. The van der Waals surface area contributed by atoms with Crippen molar-refractivity contribution < 1.29 is 0 Å². The third-order valence-electron chi connectivity index (χ3n) is 4.14. The van der Waals surface area contributed by atoms with Gasteiger partial charge in [0.2, 0.25) is 0 Å². The van der Waals surface area contributed by atoms with E-state index in [4.69, 9.17) is 11.6 Å². The van der Waals surface area contributed by atoms with Gasteiger partial charge in [-0.05, 0) is 31.4 Å². The second kappa shape index (κ2) is 6.67. The number of aryl methyl sites for hydroxylation is 2. The van der Waals surface area contributed by atoms with E-state index in [0.29, 0.717) is 11.7 Å². The van der Waals surface area contributed by atoms with E-state index in [1.807, 2.05) is 20.2 Å². The molecule has 1 aliphatic rings. The summed E-state index contributed by atoms with van der Waals surface area (Å²) in [4.78, 5) is 6.91. The number of aromatic nitrogens is 3. The maximum Gasteiger partial charge on any atom is 0.131 e. The van der Waals surface area contributed by atoms with Crippen molar-refractivity contribution in [3.63, 3.8) is 0 Å². The Kier molecular flexibility index (Phi) is 4.64. The molecule has 0 radical (unpaired) electrons. The number of rotatable bonds is 5. The normalized spacial score (nSPS) is 14.8. The lowest BCUT2D eigenvalue weighted by Crippen LogP contribution is -2.19. The summed E-state index contributed by atoms with van der Waals surface area (Å²) < 4.78 is 1.71.